The standard InChI is InChI=1S/C23H33N7S/c1-18-9-4-7-14-30(18)21-15-20(29-12-5-2-3-6-13-29)26-22(27-21)28-23(31)25-17-19-10-8-11-24-16-19/h8,10-11,15-16,18H,2-7,9,12-14,17H2,1H3,(H2,25,26,27,28,31). The third-order valence-electron chi connectivity index (χ3n) is 6.13. The molecule has 0 saturated carbocycles. The molecule has 0 spiro atoms. The molecule has 2 N–H and O–H groups in total. The summed E-state index contributed by atoms with van der Waals surface area (Å²) in [6, 6.07) is 6.61. The largest absolute Gasteiger partial charge is 0.358 e. The molecule has 2 aliphatic rings. The highest BCUT2D eigenvalue weighted by atomic mass is 32.1. The molecule has 4 heterocycles. The molecule has 7 nitrogen and oxygen atoms in total. The summed E-state index contributed by atoms with van der Waals surface area (Å²) in [6.45, 7) is 6.05. The Morgan fingerprint density at radius 2 is 1.84 bits per heavy atom. The van der Waals surface area contributed by atoms with Crippen LogP contribution in [0.4, 0.5) is 17.6 Å². The Bertz CT molecular complexity index is 852. The van der Waals surface area contributed by atoms with Crippen LogP contribution in [0.3, 0.4) is 0 Å². The maximum Gasteiger partial charge on any atom is 0.232 e. The number of piperidine rings is 1. The Hall–Kier alpha value is -2.48. The lowest BCUT2D eigenvalue weighted by atomic mass is 10.0. The summed E-state index contributed by atoms with van der Waals surface area (Å²) in [6.07, 6.45) is 12.3. The predicted molar refractivity (Wildman–Crippen MR) is 131 cm³/mol. The quantitative estimate of drug-likeness (QED) is 0.675. The highest BCUT2D eigenvalue weighted by Gasteiger charge is 2.22. The Morgan fingerprint density at radius 1 is 1.06 bits per heavy atom. The van der Waals surface area contributed by atoms with Gasteiger partial charge in [0, 0.05) is 50.7 Å². The van der Waals surface area contributed by atoms with E-state index in [0.717, 1.165) is 36.8 Å². The van der Waals surface area contributed by atoms with E-state index in [1.54, 1.807) is 6.20 Å². The molecule has 0 bridgehead atoms. The first-order valence-electron chi connectivity index (χ1n) is 11.5. The van der Waals surface area contributed by atoms with Crippen molar-refractivity contribution in [2.24, 2.45) is 0 Å². The van der Waals surface area contributed by atoms with Crippen molar-refractivity contribution >= 4 is 34.9 Å². The maximum absolute atomic E-state index is 5.53. The van der Waals surface area contributed by atoms with E-state index >= 15 is 0 Å². The molecule has 166 valence electrons. The number of thiocarbonyl (C=S) groups is 1. The van der Waals surface area contributed by atoms with Crippen LogP contribution in [-0.4, -0.2) is 45.7 Å². The van der Waals surface area contributed by atoms with Gasteiger partial charge in [-0.3, -0.25) is 4.98 Å². The van der Waals surface area contributed by atoms with E-state index in [1.807, 2.05) is 18.3 Å². The first-order chi connectivity index (χ1) is 15.2. The Labute approximate surface area is 190 Å². The van der Waals surface area contributed by atoms with Gasteiger partial charge in [0.15, 0.2) is 5.11 Å². The molecule has 0 radical (unpaired) electrons. The number of aromatic nitrogens is 3. The molecule has 8 heteroatoms. The van der Waals surface area contributed by atoms with E-state index in [2.05, 4.69) is 38.4 Å². The van der Waals surface area contributed by atoms with Gasteiger partial charge in [-0.15, -0.1) is 0 Å². The van der Waals surface area contributed by atoms with E-state index in [-0.39, 0.29) is 0 Å². The minimum Gasteiger partial charge on any atom is -0.358 e. The molecule has 0 aromatic carbocycles. The molecule has 2 aromatic rings. The lowest BCUT2D eigenvalue weighted by Crippen LogP contribution is -2.38. The molecule has 1 unspecified atom stereocenters. The molecule has 0 amide bonds. The fourth-order valence-corrected chi connectivity index (χ4v) is 4.52. The number of pyridine rings is 1. The lowest BCUT2D eigenvalue weighted by molar-refractivity contribution is 0.481. The van der Waals surface area contributed by atoms with Crippen LogP contribution in [0.5, 0.6) is 0 Å². The molecular formula is C23H33N7S. The first kappa shape index (κ1) is 21.7. The lowest BCUT2D eigenvalue weighted by Gasteiger charge is -2.35. The van der Waals surface area contributed by atoms with Gasteiger partial charge in [0.2, 0.25) is 5.95 Å². The first-order valence-corrected chi connectivity index (χ1v) is 11.9. The number of nitrogens with zero attached hydrogens (tertiary/aromatic N) is 5. The predicted octanol–water partition coefficient (Wildman–Crippen LogP) is 4.12. The van der Waals surface area contributed by atoms with Crippen molar-refractivity contribution in [1.82, 2.24) is 20.3 Å². The SMILES string of the molecule is CC1CCCCN1c1cc(N2CCCCCC2)nc(NC(=S)NCc2cccnc2)n1. The van der Waals surface area contributed by atoms with Gasteiger partial charge in [0.25, 0.3) is 0 Å². The van der Waals surface area contributed by atoms with Crippen LogP contribution in [0.2, 0.25) is 0 Å². The number of anilines is 3. The smallest absolute Gasteiger partial charge is 0.232 e. The molecule has 2 aromatic heterocycles. The number of hydrogen-bond donors (Lipinski definition) is 2. The topological polar surface area (TPSA) is 69.2 Å². The summed E-state index contributed by atoms with van der Waals surface area (Å²) in [5.74, 6) is 2.57. The van der Waals surface area contributed by atoms with Gasteiger partial charge in [-0.05, 0) is 62.9 Å². The van der Waals surface area contributed by atoms with Crippen molar-refractivity contribution in [3.63, 3.8) is 0 Å². The fraction of sp³-hybridized carbons (Fsp3) is 0.565. The van der Waals surface area contributed by atoms with Crippen LogP contribution in [0.1, 0.15) is 57.4 Å². The van der Waals surface area contributed by atoms with Gasteiger partial charge in [-0.1, -0.05) is 18.9 Å². The molecule has 2 saturated heterocycles. The maximum atomic E-state index is 5.53. The van der Waals surface area contributed by atoms with Gasteiger partial charge in [0.05, 0.1) is 0 Å². The summed E-state index contributed by atoms with van der Waals surface area (Å²) >= 11 is 5.53. The second-order valence-electron chi connectivity index (χ2n) is 8.52. The average molecular weight is 440 g/mol. The molecule has 4 rings (SSSR count). The van der Waals surface area contributed by atoms with Crippen LogP contribution in [0.15, 0.2) is 30.6 Å². The second-order valence-corrected chi connectivity index (χ2v) is 8.92. The van der Waals surface area contributed by atoms with Gasteiger partial charge in [-0.25, -0.2) is 0 Å². The Balaban J connectivity index is 1.52. The zero-order chi connectivity index (χ0) is 21.5. The van der Waals surface area contributed by atoms with Crippen molar-refractivity contribution < 1.29 is 0 Å². The molecule has 2 fully saturated rings. The number of nitrogens with one attached hydrogen (secondary N) is 2. The Kier molecular flexibility index (Phi) is 7.51. The van der Waals surface area contributed by atoms with E-state index in [4.69, 9.17) is 22.2 Å². The highest BCUT2D eigenvalue weighted by Crippen LogP contribution is 2.28. The minimum absolute atomic E-state index is 0.490. The van der Waals surface area contributed by atoms with E-state index in [0.29, 0.717) is 23.6 Å². The van der Waals surface area contributed by atoms with Crippen LogP contribution >= 0.6 is 12.2 Å². The Morgan fingerprint density at radius 3 is 2.58 bits per heavy atom. The molecule has 31 heavy (non-hydrogen) atoms. The van der Waals surface area contributed by atoms with Crippen molar-refractivity contribution in [3.05, 3.63) is 36.2 Å². The van der Waals surface area contributed by atoms with Crippen LogP contribution in [-0.2, 0) is 6.54 Å². The summed E-state index contributed by atoms with van der Waals surface area (Å²) < 4.78 is 0. The minimum atomic E-state index is 0.490. The van der Waals surface area contributed by atoms with Gasteiger partial charge in [-0.2, -0.15) is 9.97 Å². The average Bonchev–Trinajstić information content (AvgIpc) is 3.08. The van der Waals surface area contributed by atoms with E-state index in [9.17, 15) is 0 Å². The summed E-state index contributed by atoms with van der Waals surface area (Å²) in [5.41, 5.74) is 1.08. The third-order valence-corrected chi connectivity index (χ3v) is 6.37. The van der Waals surface area contributed by atoms with Crippen molar-refractivity contribution in [2.75, 3.05) is 34.8 Å². The molecule has 1 atom stereocenters. The number of hydrogen-bond acceptors (Lipinski definition) is 6. The summed E-state index contributed by atoms with van der Waals surface area (Å²) in [5, 5.41) is 6.99. The summed E-state index contributed by atoms with van der Waals surface area (Å²) in [4.78, 5) is 18.7. The van der Waals surface area contributed by atoms with Crippen molar-refractivity contribution in [3.8, 4) is 0 Å². The van der Waals surface area contributed by atoms with Gasteiger partial charge >= 0.3 is 0 Å². The number of rotatable bonds is 5. The van der Waals surface area contributed by atoms with E-state index < -0.39 is 0 Å². The van der Waals surface area contributed by atoms with Crippen molar-refractivity contribution in [1.29, 1.82) is 0 Å². The molecule has 0 aliphatic carbocycles. The van der Waals surface area contributed by atoms with Gasteiger partial charge in [0.1, 0.15) is 11.6 Å². The normalized spacial score (nSPS) is 19.6. The molecule has 2 aliphatic heterocycles. The highest BCUT2D eigenvalue weighted by molar-refractivity contribution is 7.80. The third kappa shape index (κ3) is 6.03. The summed E-state index contributed by atoms with van der Waals surface area (Å²) in [7, 11) is 0. The monoisotopic (exact) mass is 439 g/mol. The van der Waals surface area contributed by atoms with Crippen molar-refractivity contribution in [2.45, 2.75) is 64.5 Å². The van der Waals surface area contributed by atoms with Crippen LogP contribution < -0.4 is 20.4 Å². The van der Waals surface area contributed by atoms with Crippen LogP contribution in [0, 0.1) is 0 Å². The van der Waals surface area contributed by atoms with Crippen LogP contribution in [0.25, 0.3) is 0 Å². The van der Waals surface area contributed by atoms with E-state index in [1.165, 1.54) is 44.9 Å². The fourth-order valence-electron chi connectivity index (χ4n) is 4.36. The zero-order valence-electron chi connectivity index (χ0n) is 18.4. The molecular weight excluding hydrogens is 406 g/mol. The zero-order valence-corrected chi connectivity index (χ0v) is 19.2. The van der Waals surface area contributed by atoms with Gasteiger partial charge < -0.3 is 20.4 Å². The second kappa shape index (κ2) is 10.7.